The fraction of sp³-hybridized carbons (Fsp3) is 0.458. The van der Waals surface area contributed by atoms with E-state index in [4.69, 9.17) is 4.74 Å². The van der Waals surface area contributed by atoms with Gasteiger partial charge in [0.2, 0.25) is 10.0 Å². The van der Waals surface area contributed by atoms with E-state index in [9.17, 15) is 18.3 Å². The van der Waals surface area contributed by atoms with Crippen molar-refractivity contribution < 1.29 is 23.1 Å². The molecule has 0 heterocycles. The second-order valence-electron chi connectivity index (χ2n) is 8.18. The monoisotopic (exact) mass is 477 g/mol. The molecule has 1 amide bonds. The van der Waals surface area contributed by atoms with Crippen LogP contribution in [0.2, 0.25) is 0 Å². The third-order valence-electron chi connectivity index (χ3n) is 5.22. The Labute approximate surface area is 197 Å². The minimum atomic E-state index is -3.37. The van der Waals surface area contributed by atoms with E-state index in [2.05, 4.69) is 28.8 Å². The molecule has 0 aromatic heterocycles. The Morgan fingerprint density at radius 2 is 1.73 bits per heavy atom. The highest BCUT2D eigenvalue weighted by molar-refractivity contribution is 7.92. The third kappa shape index (κ3) is 7.94. The summed E-state index contributed by atoms with van der Waals surface area (Å²) in [6.07, 6.45) is 0.383. The predicted octanol–water partition coefficient (Wildman–Crippen LogP) is 4.38. The summed E-state index contributed by atoms with van der Waals surface area (Å²) < 4.78 is 31.0. The van der Waals surface area contributed by atoms with Gasteiger partial charge in [-0.2, -0.15) is 0 Å². The van der Waals surface area contributed by atoms with Crippen molar-refractivity contribution in [3.8, 4) is 0 Å². The van der Waals surface area contributed by atoms with E-state index in [1.807, 2.05) is 32.0 Å². The maximum atomic E-state index is 12.7. The molecular formula is C24H35N3O5S. The van der Waals surface area contributed by atoms with Gasteiger partial charge in [-0.3, -0.25) is 10.0 Å². The highest BCUT2D eigenvalue weighted by Gasteiger charge is 2.21. The number of anilines is 3. The van der Waals surface area contributed by atoms with E-state index in [0.717, 1.165) is 36.2 Å². The van der Waals surface area contributed by atoms with Crippen molar-refractivity contribution >= 4 is 33.2 Å². The number of benzene rings is 2. The van der Waals surface area contributed by atoms with Gasteiger partial charge in [0.25, 0.3) is 0 Å². The van der Waals surface area contributed by atoms with Gasteiger partial charge < -0.3 is 14.7 Å². The Kier molecular flexibility index (Phi) is 9.55. The number of ether oxygens (including phenoxy) is 1. The van der Waals surface area contributed by atoms with Crippen LogP contribution in [0.5, 0.6) is 0 Å². The van der Waals surface area contributed by atoms with Gasteiger partial charge in [-0.15, -0.1) is 0 Å². The number of carbonyl (C=O) groups excluding carboxylic acids is 1. The molecule has 1 atom stereocenters. The maximum absolute atomic E-state index is 12.7. The summed E-state index contributed by atoms with van der Waals surface area (Å²) in [5.41, 5.74) is 3.66. The molecule has 0 radical (unpaired) electrons. The number of nitrogens with zero attached hydrogens (tertiary/aromatic N) is 1. The Bertz CT molecular complexity index is 1020. The zero-order chi connectivity index (χ0) is 24.6. The van der Waals surface area contributed by atoms with Crippen molar-refractivity contribution in [2.45, 2.75) is 40.2 Å². The predicted molar refractivity (Wildman–Crippen MR) is 133 cm³/mol. The minimum Gasteiger partial charge on any atom is -0.441 e. The summed E-state index contributed by atoms with van der Waals surface area (Å²) in [4.78, 5) is 14.9. The average Bonchev–Trinajstić information content (AvgIpc) is 2.74. The van der Waals surface area contributed by atoms with Gasteiger partial charge in [-0.25, -0.2) is 13.2 Å². The molecule has 3 N–H and O–H groups in total. The van der Waals surface area contributed by atoms with E-state index >= 15 is 0 Å². The van der Waals surface area contributed by atoms with Crippen molar-refractivity contribution in [3.63, 3.8) is 0 Å². The smallest absolute Gasteiger partial charge is 0.412 e. The van der Waals surface area contributed by atoms with Gasteiger partial charge in [-0.1, -0.05) is 26.0 Å². The van der Waals surface area contributed by atoms with Crippen molar-refractivity contribution in [1.29, 1.82) is 0 Å². The van der Waals surface area contributed by atoms with E-state index < -0.39 is 22.2 Å². The number of sulfonamides is 1. The topological polar surface area (TPSA) is 108 Å². The quantitative estimate of drug-likeness (QED) is 0.443. The fourth-order valence-electron chi connectivity index (χ4n) is 3.61. The molecule has 182 valence electrons. The zero-order valence-electron chi connectivity index (χ0n) is 20.0. The van der Waals surface area contributed by atoms with E-state index in [0.29, 0.717) is 17.8 Å². The van der Waals surface area contributed by atoms with Crippen LogP contribution in [-0.2, 0) is 21.2 Å². The lowest BCUT2D eigenvalue weighted by molar-refractivity contribution is 0.0821. The normalized spacial score (nSPS) is 12.3. The summed E-state index contributed by atoms with van der Waals surface area (Å²) in [6, 6.07) is 12.5. The van der Waals surface area contributed by atoms with Crippen molar-refractivity contribution in [2.75, 3.05) is 40.9 Å². The largest absolute Gasteiger partial charge is 0.441 e. The van der Waals surface area contributed by atoms with E-state index in [-0.39, 0.29) is 12.5 Å². The molecule has 0 aliphatic rings. The van der Waals surface area contributed by atoms with Crippen LogP contribution in [-0.4, -0.2) is 45.6 Å². The molecular weight excluding hydrogens is 442 g/mol. The Hall–Kier alpha value is -2.78. The highest BCUT2D eigenvalue weighted by atomic mass is 32.2. The van der Waals surface area contributed by atoms with Crippen LogP contribution in [0.4, 0.5) is 21.9 Å². The van der Waals surface area contributed by atoms with E-state index in [1.165, 1.54) is 0 Å². The molecule has 2 aromatic rings. The maximum Gasteiger partial charge on any atom is 0.412 e. The van der Waals surface area contributed by atoms with Crippen LogP contribution in [0.25, 0.3) is 0 Å². The molecule has 0 fully saturated rings. The molecule has 9 heteroatoms. The molecule has 0 spiro atoms. The standard InChI is InChI=1S/C24H35N3O5S/c1-6-27(7-2)21-12-13-22(19(16-21)14-15-28)25-24(29)32-23(17(3)4)18-8-10-20(11-9-18)26-33(5,30)31/h8-13,16-17,23,26,28H,6-7,14-15H2,1-5H3,(H,25,29). The Morgan fingerprint density at radius 3 is 2.24 bits per heavy atom. The molecule has 0 aliphatic heterocycles. The van der Waals surface area contributed by atoms with Crippen LogP contribution in [0.3, 0.4) is 0 Å². The fourth-order valence-corrected chi connectivity index (χ4v) is 4.18. The zero-order valence-corrected chi connectivity index (χ0v) is 20.8. The van der Waals surface area contributed by atoms with Crippen LogP contribution in [0.1, 0.15) is 44.9 Å². The minimum absolute atomic E-state index is 0.00794. The van der Waals surface area contributed by atoms with Crippen LogP contribution >= 0.6 is 0 Å². The number of aliphatic hydroxyl groups excluding tert-OH is 1. The average molecular weight is 478 g/mol. The first kappa shape index (κ1) is 26.5. The number of amides is 1. The molecule has 8 nitrogen and oxygen atoms in total. The molecule has 0 aliphatic carbocycles. The first-order chi connectivity index (χ1) is 15.6. The van der Waals surface area contributed by atoms with Gasteiger partial charge in [0.05, 0.1) is 6.26 Å². The summed E-state index contributed by atoms with van der Waals surface area (Å²) >= 11 is 0. The number of aliphatic hydroxyl groups is 1. The van der Waals surface area contributed by atoms with Crippen LogP contribution in [0, 0.1) is 5.92 Å². The second kappa shape index (κ2) is 11.9. The molecule has 1 unspecified atom stereocenters. The van der Waals surface area contributed by atoms with E-state index in [1.54, 1.807) is 24.3 Å². The van der Waals surface area contributed by atoms with Gasteiger partial charge in [0.1, 0.15) is 6.10 Å². The van der Waals surface area contributed by atoms with Gasteiger partial charge in [0, 0.05) is 36.8 Å². The van der Waals surface area contributed by atoms with Gasteiger partial charge in [0.15, 0.2) is 0 Å². The first-order valence-corrected chi connectivity index (χ1v) is 13.0. The molecule has 0 bridgehead atoms. The number of hydrogen-bond acceptors (Lipinski definition) is 6. The van der Waals surface area contributed by atoms with Crippen LogP contribution in [0.15, 0.2) is 42.5 Å². The Balaban J connectivity index is 2.18. The summed E-state index contributed by atoms with van der Waals surface area (Å²) in [5.74, 6) is -0.00794. The number of rotatable bonds is 11. The van der Waals surface area contributed by atoms with Crippen molar-refractivity contribution in [2.24, 2.45) is 5.92 Å². The Morgan fingerprint density at radius 1 is 1.09 bits per heavy atom. The molecule has 0 saturated carbocycles. The van der Waals surface area contributed by atoms with Crippen LogP contribution < -0.4 is 14.9 Å². The molecule has 33 heavy (non-hydrogen) atoms. The number of hydrogen-bond donors (Lipinski definition) is 3. The molecule has 2 aromatic carbocycles. The SMILES string of the molecule is CCN(CC)c1ccc(NC(=O)OC(c2ccc(NS(C)(=O)=O)cc2)C(C)C)c(CCO)c1. The van der Waals surface area contributed by atoms with Crippen molar-refractivity contribution in [3.05, 3.63) is 53.6 Å². The summed E-state index contributed by atoms with van der Waals surface area (Å²) in [7, 11) is -3.37. The molecule has 0 saturated heterocycles. The van der Waals surface area contributed by atoms with Gasteiger partial charge >= 0.3 is 6.09 Å². The first-order valence-electron chi connectivity index (χ1n) is 11.1. The second-order valence-corrected chi connectivity index (χ2v) is 9.93. The molecule has 2 rings (SSSR count). The lowest BCUT2D eigenvalue weighted by atomic mass is 9.99. The lowest BCUT2D eigenvalue weighted by Gasteiger charge is -2.24. The summed E-state index contributed by atoms with van der Waals surface area (Å²) in [6.45, 7) is 9.72. The van der Waals surface area contributed by atoms with Crippen molar-refractivity contribution in [1.82, 2.24) is 0 Å². The number of carbonyl (C=O) groups is 1. The highest BCUT2D eigenvalue weighted by Crippen LogP contribution is 2.29. The third-order valence-corrected chi connectivity index (χ3v) is 5.82. The number of nitrogens with one attached hydrogen (secondary N) is 2. The lowest BCUT2D eigenvalue weighted by Crippen LogP contribution is -2.23. The summed E-state index contributed by atoms with van der Waals surface area (Å²) in [5, 5.41) is 12.3. The van der Waals surface area contributed by atoms with Gasteiger partial charge in [-0.05, 0) is 67.6 Å².